The summed E-state index contributed by atoms with van der Waals surface area (Å²) in [7, 11) is 0.210. The summed E-state index contributed by atoms with van der Waals surface area (Å²) in [5.74, 6) is -0.293. The molecule has 0 amide bonds. The normalized spacial score (nSPS) is 13.2. The molecule has 0 aliphatic carbocycles. The van der Waals surface area contributed by atoms with Crippen molar-refractivity contribution in [3.05, 3.63) is 26.8 Å². The first-order chi connectivity index (χ1) is 10.6. The van der Waals surface area contributed by atoms with Gasteiger partial charge in [0.15, 0.2) is 9.04 Å². The lowest BCUT2D eigenvalue weighted by molar-refractivity contribution is -0.146. The van der Waals surface area contributed by atoms with Crippen LogP contribution in [0, 0.1) is 9.49 Å². The molecule has 6 heteroatoms. The van der Waals surface area contributed by atoms with Crippen molar-refractivity contribution in [2.24, 2.45) is 5.92 Å². The van der Waals surface area contributed by atoms with E-state index in [4.69, 9.17) is 9.16 Å². The number of rotatable bonds is 6. The van der Waals surface area contributed by atoms with E-state index >= 15 is 0 Å². The van der Waals surface area contributed by atoms with Crippen molar-refractivity contribution in [1.82, 2.24) is 0 Å². The highest BCUT2D eigenvalue weighted by Crippen LogP contribution is 2.33. The summed E-state index contributed by atoms with van der Waals surface area (Å²) in [6.45, 7) is 10.9. The number of hydrogen-bond acceptors (Lipinski definition) is 4. The molecule has 1 unspecified atom stereocenters. The maximum absolute atomic E-state index is 12.1. The fraction of sp³-hybridized carbons (Fsp3) is 0.588. The van der Waals surface area contributed by atoms with Gasteiger partial charge in [-0.25, -0.2) is 0 Å². The number of phenolic OH excluding ortho intramolecular Hbond substituents is 1. The van der Waals surface area contributed by atoms with Crippen LogP contribution < -0.4 is 0 Å². The van der Waals surface area contributed by atoms with E-state index in [0.717, 1.165) is 14.7 Å². The van der Waals surface area contributed by atoms with Crippen LogP contribution in [0.3, 0.4) is 0 Å². The summed E-state index contributed by atoms with van der Waals surface area (Å²) < 4.78 is 11.5. The highest BCUT2D eigenvalue weighted by atomic mass is 127. The van der Waals surface area contributed by atoms with Gasteiger partial charge in [-0.15, -0.1) is 0 Å². The molecule has 4 nitrogen and oxygen atoms in total. The van der Waals surface area contributed by atoms with Crippen LogP contribution >= 0.6 is 22.6 Å². The Balaban J connectivity index is 3.16. The molecule has 0 fully saturated rings. The Labute approximate surface area is 154 Å². The average Bonchev–Trinajstić information content (AvgIpc) is 2.44. The molecule has 0 heterocycles. The van der Waals surface area contributed by atoms with Crippen LogP contribution in [0.15, 0.2) is 12.1 Å². The zero-order chi connectivity index (χ0) is 17.8. The molecule has 130 valence electrons. The van der Waals surface area contributed by atoms with Crippen molar-refractivity contribution in [2.75, 3.05) is 13.7 Å². The Hall–Kier alpha value is -0.603. The van der Waals surface area contributed by atoms with E-state index in [1.807, 2.05) is 12.1 Å². The second-order valence-electron chi connectivity index (χ2n) is 7.02. The summed E-state index contributed by atoms with van der Waals surface area (Å²) in [5, 5.41) is 10.0. The highest BCUT2D eigenvalue weighted by molar-refractivity contribution is 14.1. The number of phenols is 1. The summed E-state index contributed by atoms with van der Waals surface area (Å²) >= 11 is 2.11. The quantitative estimate of drug-likeness (QED) is 0.409. The molecule has 1 rings (SSSR count). The minimum absolute atomic E-state index is 0.120. The van der Waals surface area contributed by atoms with E-state index in [-0.39, 0.29) is 23.1 Å². The second kappa shape index (κ2) is 8.48. The lowest BCUT2D eigenvalue weighted by Crippen LogP contribution is -2.28. The van der Waals surface area contributed by atoms with E-state index < -0.39 is 9.04 Å². The number of carbonyl (C=O) groups excluding carboxylic acids is 1. The summed E-state index contributed by atoms with van der Waals surface area (Å²) in [6.07, 6.45) is 0.552. The van der Waals surface area contributed by atoms with Gasteiger partial charge in [0.1, 0.15) is 5.75 Å². The van der Waals surface area contributed by atoms with E-state index in [0.29, 0.717) is 13.0 Å². The van der Waals surface area contributed by atoms with Gasteiger partial charge >= 0.3 is 5.97 Å². The van der Waals surface area contributed by atoms with E-state index in [9.17, 15) is 9.90 Å². The van der Waals surface area contributed by atoms with Crippen LogP contribution in [0.4, 0.5) is 0 Å². The predicted molar refractivity (Wildman–Crippen MR) is 104 cm³/mol. The Bertz CT molecular complexity index is 552. The Morgan fingerprint density at radius 3 is 2.43 bits per heavy atom. The summed E-state index contributed by atoms with van der Waals surface area (Å²) in [6, 6.07) is 3.77. The number of halogens is 1. The smallest absolute Gasteiger partial charge is 0.311 e. The van der Waals surface area contributed by atoms with E-state index in [2.05, 4.69) is 56.5 Å². The largest absolute Gasteiger partial charge is 0.507 e. The molecule has 0 aromatic heterocycles. The molecule has 0 saturated heterocycles. The zero-order valence-corrected chi connectivity index (χ0v) is 18.1. The first-order valence-electron chi connectivity index (χ1n) is 7.77. The van der Waals surface area contributed by atoms with Crippen LogP contribution in [-0.4, -0.2) is 33.8 Å². The standard InChI is InChI=1S/C17H27IO4Si/c1-17(2,3)13-9-15(19)14(18)8-11(13)7-12(16(20)21-4)10-22-23(5)6/h8-9,12,19,23H,7,10H2,1-6H3. The van der Waals surface area contributed by atoms with Gasteiger partial charge in [-0.3, -0.25) is 4.79 Å². The summed E-state index contributed by atoms with van der Waals surface area (Å²) in [5.41, 5.74) is 1.99. The number of ether oxygens (including phenoxy) is 1. The zero-order valence-electron chi connectivity index (χ0n) is 14.8. The maximum atomic E-state index is 12.1. The van der Waals surface area contributed by atoms with Crippen molar-refractivity contribution in [3.63, 3.8) is 0 Å². The maximum Gasteiger partial charge on any atom is 0.311 e. The average molecular weight is 450 g/mol. The lowest BCUT2D eigenvalue weighted by atomic mass is 9.81. The molecule has 1 atom stereocenters. The molecule has 1 N–H and O–H groups in total. The van der Waals surface area contributed by atoms with E-state index in [1.165, 1.54) is 7.11 Å². The first kappa shape index (κ1) is 20.4. The number of hydrogen-bond donors (Lipinski definition) is 1. The number of aromatic hydroxyl groups is 1. The van der Waals surface area contributed by atoms with Gasteiger partial charge in [-0.05, 0) is 70.8 Å². The van der Waals surface area contributed by atoms with Crippen LogP contribution in [0.5, 0.6) is 5.75 Å². The van der Waals surface area contributed by atoms with Gasteiger partial charge in [-0.1, -0.05) is 20.8 Å². The van der Waals surface area contributed by atoms with Gasteiger partial charge in [0.05, 0.1) is 16.6 Å². The van der Waals surface area contributed by atoms with Crippen LogP contribution in [0.25, 0.3) is 0 Å². The van der Waals surface area contributed by atoms with Crippen molar-refractivity contribution in [2.45, 2.75) is 45.7 Å². The third-order valence-electron chi connectivity index (χ3n) is 3.61. The Kier molecular flexibility index (Phi) is 7.54. The molecule has 0 bridgehead atoms. The highest BCUT2D eigenvalue weighted by Gasteiger charge is 2.26. The molecule has 23 heavy (non-hydrogen) atoms. The molecule has 1 aromatic carbocycles. The van der Waals surface area contributed by atoms with Gasteiger partial charge in [0, 0.05) is 6.61 Å². The monoisotopic (exact) mass is 450 g/mol. The molecule has 1 aromatic rings. The van der Waals surface area contributed by atoms with Gasteiger partial charge < -0.3 is 14.3 Å². The molecule has 0 saturated carbocycles. The molecule has 0 radical (unpaired) electrons. The van der Waals surface area contributed by atoms with Crippen molar-refractivity contribution >= 4 is 37.6 Å². The summed E-state index contributed by atoms with van der Waals surface area (Å²) in [4.78, 5) is 12.1. The van der Waals surface area contributed by atoms with Crippen LogP contribution in [0.2, 0.25) is 13.1 Å². The third-order valence-corrected chi connectivity index (χ3v) is 5.34. The Morgan fingerprint density at radius 2 is 1.96 bits per heavy atom. The number of benzene rings is 1. The Morgan fingerprint density at radius 1 is 1.35 bits per heavy atom. The van der Waals surface area contributed by atoms with Gasteiger partial charge in [0.2, 0.25) is 0 Å². The SMILES string of the molecule is COC(=O)C(CO[SiH](C)C)Cc1cc(I)c(O)cc1C(C)(C)C. The topological polar surface area (TPSA) is 55.8 Å². The molecule has 0 aliphatic rings. The number of carbonyl (C=O) groups is 1. The van der Waals surface area contributed by atoms with Gasteiger partial charge in [0.25, 0.3) is 0 Å². The van der Waals surface area contributed by atoms with Crippen LogP contribution in [-0.2, 0) is 25.8 Å². The molecular weight excluding hydrogens is 423 g/mol. The second-order valence-corrected chi connectivity index (χ2v) is 10.6. The molecule has 0 aliphatic heterocycles. The van der Waals surface area contributed by atoms with Gasteiger partial charge in [-0.2, -0.15) is 0 Å². The first-order valence-corrected chi connectivity index (χ1v) is 11.6. The van der Waals surface area contributed by atoms with Crippen molar-refractivity contribution < 1.29 is 19.1 Å². The van der Waals surface area contributed by atoms with E-state index in [1.54, 1.807) is 0 Å². The van der Waals surface area contributed by atoms with Crippen LogP contribution in [0.1, 0.15) is 31.9 Å². The minimum atomic E-state index is -1.20. The third kappa shape index (κ3) is 6.08. The van der Waals surface area contributed by atoms with Crippen molar-refractivity contribution in [1.29, 1.82) is 0 Å². The van der Waals surface area contributed by atoms with Crippen molar-refractivity contribution in [3.8, 4) is 5.75 Å². The molecule has 0 spiro atoms. The molecular formula is C17H27IO4Si. The predicted octanol–water partition coefficient (Wildman–Crippen LogP) is 3.63. The fourth-order valence-corrected chi connectivity index (χ4v) is 3.57. The fourth-order valence-electron chi connectivity index (χ4n) is 2.42. The number of methoxy groups -OCH3 is 1. The lowest BCUT2D eigenvalue weighted by Gasteiger charge is -2.26. The number of esters is 1. The minimum Gasteiger partial charge on any atom is -0.507 e.